The predicted molar refractivity (Wildman–Crippen MR) is 127 cm³/mol. The molecule has 182 valence electrons. The van der Waals surface area contributed by atoms with Gasteiger partial charge in [0, 0.05) is 51.0 Å². The second kappa shape index (κ2) is 9.18. The van der Waals surface area contributed by atoms with Crippen LogP contribution >= 0.6 is 0 Å². The molecule has 10 nitrogen and oxygen atoms in total. The van der Waals surface area contributed by atoms with Crippen molar-refractivity contribution in [3.8, 4) is 22.8 Å². The van der Waals surface area contributed by atoms with Gasteiger partial charge < -0.3 is 19.3 Å². The van der Waals surface area contributed by atoms with E-state index >= 15 is 0 Å². The molecule has 1 aromatic carbocycles. The highest BCUT2D eigenvalue weighted by molar-refractivity contribution is 6.00. The third-order valence-corrected chi connectivity index (χ3v) is 7.03. The lowest BCUT2D eigenvalue weighted by atomic mass is 10.1. The Morgan fingerprint density at radius 1 is 0.886 bits per heavy atom. The highest BCUT2D eigenvalue weighted by Crippen LogP contribution is 2.36. The van der Waals surface area contributed by atoms with Gasteiger partial charge in [-0.2, -0.15) is 5.10 Å². The molecule has 3 aliphatic heterocycles. The fourth-order valence-electron chi connectivity index (χ4n) is 5.03. The molecule has 2 aromatic heterocycles. The van der Waals surface area contributed by atoms with E-state index in [1.165, 1.54) is 6.42 Å². The van der Waals surface area contributed by atoms with Crippen molar-refractivity contribution in [1.82, 2.24) is 29.3 Å². The van der Waals surface area contributed by atoms with Crippen LogP contribution in [-0.4, -0.2) is 93.7 Å². The number of aromatic nitrogens is 3. The standard InChI is InChI=1S/C25H28N6O4/c32-23(29-8-2-1-3-9-29)16-28-10-12-30(13-11-28)25(33)19-15-27-31-20(6-7-26-24(19)31)18-4-5-21-22(14-18)35-17-34-21/h4-7,14-15H,1-3,8-13,16-17H2. The molecule has 0 bridgehead atoms. The average Bonchev–Trinajstić information content (AvgIpc) is 3.56. The van der Waals surface area contributed by atoms with E-state index in [0.717, 1.165) is 37.2 Å². The van der Waals surface area contributed by atoms with Gasteiger partial charge in [-0.15, -0.1) is 0 Å². The summed E-state index contributed by atoms with van der Waals surface area (Å²) in [6.45, 7) is 4.89. The maximum absolute atomic E-state index is 13.4. The molecule has 0 N–H and O–H groups in total. The van der Waals surface area contributed by atoms with Crippen LogP contribution in [0.5, 0.6) is 11.5 Å². The van der Waals surface area contributed by atoms with Crippen molar-refractivity contribution in [3.05, 3.63) is 42.2 Å². The summed E-state index contributed by atoms with van der Waals surface area (Å²) in [5, 5.41) is 4.48. The summed E-state index contributed by atoms with van der Waals surface area (Å²) in [6.07, 6.45) is 6.68. The van der Waals surface area contributed by atoms with Crippen LogP contribution in [0.4, 0.5) is 0 Å². The number of ether oxygens (including phenoxy) is 2. The van der Waals surface area contributed by atoms with Gasteiger partial charge in [0.15, 0.2) is 17.1 Å². The van der Waals surface area contributed by atoms with E-state index in [4.69, 9.17) is 9.47 Å². The molecule has 0 saturated carbocycles. The smallest absolute Gasteiger partial charge is 0.259 e. The first-order valence-electron chi connectivity index (χ1n) is 12.2. The Balaban J connectivity index is 1.14. The summed E-state index contributed by atoms with van der Waals surface area (Å²) in [7, 11) is 0. The number of piperidine rings is 1. The van der Waals surface area contributed by atoms with Crippen molar-refractivity contribution in [2.24, 2.45) is 0 Å². The van der Waals surface area contributed by atoms with Gasteiger partial charge in [0.2, 0.25) is 12.7 Å². The van der Waals surface area contributed by atoms with E-state index < -0.39 is 0 Å². The van der Waals surface area contributed by atoms with Crippen molar-refractivity contribution in [1.29, 1.82) is 0 Å². The summed E-state index contributed by atoms with van der Waals surface area (Å²) < 4.78 is 12.6. The van der Waals surface area contributed by atoms with Crippen LogP contribution in [0.2, 0.25) is 0 Å². The van der Waals surface area contributed by atoms with Gasteiger partial charge in [-0.25, -0.2) is 9.50 Å². The van der Waals surface area contributed by atoms with Crippen LogP contribution in [0.3, 0.4) is 0 Å². The zero-order valence-electron chi connectivity index (χ0n) is 19.6. The number of fused-ring (bicyclic) bond motifs is 2. The summed E-state index contributed by atoms with van der Waals surface area (Å²) in [4.78, 5) is 36.4. The molecule has 0 spiro atoms. The number of carbonyl (C=O) groups is 2. The highest BCUT2D eigenvalue weighted by atomic mass is 16.7. The summed E-state index contributed by atoms with van der Waals surface area (Å²) in [6, 6.07) is 7.58. The van der Waals surface area contributed by atoms with Gasteiger partial charge in [0.05, 0.1) is 18.4 Å². The zero-order valence-corrected chi connectivity index (χ0v) is 19.6. The molecule has 3 aliphatic rings. The van der Waals surface area contributed by atoms with E-state index in [9.17, 15) is 9.59 Å². The molecule has 0 aliphatic carbocycles. The lowest BCUT2D eigenvalue weighted by Crippen LogP contribution is -2.52. The minimum Gasteiger partial charge on any atom is -0.454 e. The van der Waals surface area contributed by atoms with E-state index in [0.29, 0.717) is 55.4 Å². The molecular weight excluding hydrogens is 448 g/mol. The third-order valence-electron chi connectivity index (χ3n) is 7.03. The van der Waals surface area contributed by atoms with Gasteiger partial charge >= 0.3 is 0 Å². The quantitative estimate of drug-likeness (QED) is 0.568. The van der Waals surface area contributed by atoms with E-state index in [1.807, 2.05) is 34.1 Å². The number of likely N-dealkylation sites (tertiary alicyclic amines) is 1. The zero-order chi connectivity index (χ0) is 23.8. The predicted octanol–water partition coefficient (Wildman–Crippen LogP) is 1.90. The number of benzene rings is 1. The Morgan fingerprint density at radius 3 is 2.51 bits per heavy atom. The van der Waals surface area contributed by atoms with Crippen LogP contribution in [0.25, 0.3) is 16.9 Å². The Bertz CT molecular complexity index is 1260. The van der Waals surface area contributed by atoms with Crippen LogP contribution in [0, 0.1) is 0 Å². The Labute approximate surface area is 203 Å². The van der Waals surface area contributed by atoms with Crippen molar-refractivity contribution >= 4 is 17.5 Å². The first kappa shape index (κ1) is 21.8. The Hall–Kier alpha value is -3.66. The monoisotopic (exact) mass is 476 g/mol. The van der Waals surface area contributed by atoms with Gasteiger partial charge in [0.1, 0.15) is 5.56 Å². The number of carbonyl (C=O) groups excluding carboxylic acids is 2. The minimum atomic E-state index is -0.0858. The third kappa shape index (κ3) is 4.18. The Morgan fingerprint density at radius 2 is 1.69 bits per heavy atom. The molecule has 5 heterocycles. The topological polar surface area (TPSA) is 92.5 Å². The molecule has 35 heavy (non-hydrogen) atoms. The summed E-state index contributed by atoms with van der Waals surface area (Å²) in [5.41, 5.74) is 2.71. The van der Waals surface area contributed by atoms with Gasteiger partial charge in [-0.05, 0) is 43.5 Å². The number of amides is 2. The first-order chi connectivity index (χ1) is 17.2. The minimum absolute atomic E-state index is 0.0858. The lowest BCUT2D eigenvalue weighted by molar-refractivity contribution is -0.133. The fourth-order valence-corrected chi connectivity index (χ4v) is 5.03. The molecule has 10 heteroatoms. The number of hydrogen-bond donors (Lipinski definition) is 0. The molecule has 2 saturated heterocycles. The van der Waals surface area contributed by atoms with Gasteiger partial charge in [0.25, 0.3) is 5.91 Å². The lowest BCUT2D eigenvalue weighted by Gasteiger charge is -2.36. The first-order valence-corrected chi connectivity index (χ1v) is 12.2. The second-order valence-corrected chi connectivity index (χ2v) is 9.20. The van der Waals surface area contributed by atoms with Crippen molar-refractivity contribution < 1.29 is 19.1 Å². The normalized spacial score (nSPS) is 18.3. The van der Waals surface area contributed by atoms with E-state index in [-0.39, 0.29) is 18.6 Å². The van der Waals surface area contributed by atoms with Crippen LogP contribution in [0.1, 0.15) is 29.6 Å². The molecule has 0 atom stereocenters. The molecular formula is C25H28N6O4. The highest BCUT2D eigenvalue weighted by Gasteiger charge is 2.27. The number of hydrogen-bond acceptors (Lipinski definition) is 7. The average molecular weight is 477 g/mol. The molecule has 2 amide bonds. The van der Waals surface area contributed by atoms with Crippen LogP contribution in [0.15, 0.2) is 36.7 Å². The molecule has 2 fully saturated rings. The molecule has 3 aromatic rings. The SMILES string of the molecule is O=C(CN1CCN(C(=O)c2cnn3c(-c4ccc5c(c4)OCO5)ccnc23)CC1)N1CCCCC1. The van der Waals surface area contributed by atoms with Gasteiger partial charge in [-0.3, -0.25) is 14.5 Å². The van der Waals surface area contributed by atoms with Gasteiger partial charge in [-0.1, -0.05) is 0 Å². The van der Waals surface area contributed by atoms with Crippen molar-refractivity contribution in [2.45, 2.75) is 19.3 Å². The van der Waals surface area contributed by atoms with E-state index in [1.54, 1.807) is 16.9 Å². The van der Waals surface area contributed by atoms with Crippen LogP contribution < -0.4 is 9.47 Å². The number of nitrogens with zero attached hydrogens (tertiary/aromatic N) is 6. The Kier molecular flexibility index (Phi) is 5.73. The maximum Gasteiger partial charge on any atom is 0.259 e. The van der Waals surface area contributed by atoms with E-state index in [2.05, 4.69) is 15.0 Å². The van der Waals surface area contributed by atoms with Crippen molar-refractivity contribution in [2.75, 3.05) is 52.6 Å². The van der Waals surface area contributed by atoms with Crippen LogP contribution in [-0.2, 0) is 4.79 Å². The number of rotatable bonds is 4. The molecule has 0 unspecified atom stereocenters. The summed E-state index contributed by atoms with van der Waals surface area (Å²) in [5.74, 6) is 1.52. The summed E-state index contributed by atoms with van der Waals surface area (Å²) >= 11 is 0. The second-order valence-electron chi connectivity index (χ2n) is 9.20. The maximum atomic E-state index is 13.4. The largest absolute Gasteiger partial charge is 0.454 e. The van der Waals surface area contributed by atoms with Crippen molar-refractivity contribution in [3.63, 3.8) is 0 Å². The molecule has 6 rings (SSSR count). The molecule has 0 radical (unpaired) electrons. The number of piperazine rings is 1. The fraction of sp³-hybridized carbons (Fsp3) is 0.440.